The number of rotatable bonds is 11. The van der Waals surface area contributed by atoms with Gasteiger partial charge in [-0.3, -0.25) is 19.7 Å². The maximum absolute atomic E-state index is 11.7. The Morgan fingerprint density at radius 2 is 1.72 bits per heavy atom. The van der Waals surface area contributed by atoms with Crippen LogP contribution in [0.3, 0.4) is 0 Å². The van der Waals surface area contributed by atoms with Crippen LogP contribution in [-0.4, -0.2) is 23.0 Å². The molecule has 0 heterocycles. The van der Waals surface area contributed by atoms with Crippen molar-refractivity contribution in [3.63, 3.8) is 0 Å². The largest absolute Gasteiger partial charge is 0.463 e. The highest BCUT2D eigenvalue weighted by Crippen LogP contribution is 2.18. The molecule has 0 aliphatic heterocycles. The zero-order valence-electron chi connectivity index (χ0n) is 14.7. The Kier molecular flexibility index (Phi) is 9.21. The molecule has 0 bridgehead atoms. The van der Waals surface area contributed by atoms with Gasteiger partial charge >= 0.3 is 11.9 Å². The Morgan fingerprint density at radius 3 is 2.32 bits per heavy atom. The normalized spacial score (nSPS) is 11.6. The summed E-state index contributed by atoms with van der Waals surface area (Å²) in [4.78, 5) is 33.4. The Labute approximate surface area is 147 Å². The minimum atomic E-state index is -0.527. The van der Waals surface area contributed by atoms with E-state index in [1.807, 2.05) is 6.92 Å². The molecule has 0 N–H and O–H groups in total. The Balaban J connectivity index is 2.23. The fourth-order valence-corrected chi connectivity index (χ4v) is 2.22. The highest BCUT2D eigenvalue weighted by Gasteiger charge is 2.12. The van der Waals surface area contributed by atoms with Gasteiger partial charge in [-0.05, 0) is 38.3 Å². The SMILES string of the molecule is CCCCCC(C)OC(=O)CCCC(=O)Oc1ccc([N+](=O)[O-])cc1. The number of carbonyl (C=O) groups excluding carboxylic acids is 2. The van der Waals surface area contributed by atoms with Crippen LogP contribution < -0.4 is 4.74 Å². The molecule has 1 rings (SSSR count). The maximum Gasteiger partial charge on any atom is 0.311 e. The number of nitro groups is 1. The first-order chi connectivity index (χ1) is 11.9. The van der Waals surface area contributed by atoms with Crippen LogP contribution in [0.2, 0.25) is 0 Å². The fraction of sp³-hybridized carbons (Fsp3) is 0.556. The zero-order valence-corrected chi connectivity index (χ0v) is 14.7. The summed E-state index contributed by atoms with van der Waals surface area (Å²) in [6.45, 7) is 3.99. The first kappa shape index (κ1) is 20.6. The predicted octanol–water partition coefficient (Wildman–Crippen LogP) is 4.18. The van der Waals surface area contributed by atoms with Crippen LogP contribution >= 0.6 is 0 Å². The number of carbonyl (C=O) groups is 2. The third kappa shape index (κ3) is 8.83. The number of hydrogen-bond acceptors (Lipinski definition) is 6. The molecule has 0 aliphatic rings. The first-order valence-corrected chi connectivity index (χ1v) is 8.57. The van der Waals surface area contributed by atoms with Crippen molar-refractivity contribution in [2.45, 2.75) is 64.9 Å². The molecule has 7 nitrogen and oxygen atoms in total. The van der Waals surface area contributed by atoms with E-state index in [1.165, 1.54) is 24.3 Å². The molecule has 0 aromatic heterocycles. The van der Waals surface area contributed by atoms with Gasteiger partial charge in [-0.25, -0.2) is 0 Å². The van der Waals surface area contributed by atoms with Crippen LogP contribution in [0.1, 0.15) is 58.8 Å². The summed E-state index contributed by atoms with van der Waals surface area (Å²) in [5.74, 6) is -0.562. The molecule has 0 radical (unpaired) electrons. The third-order valence-electron chi connectivity index (χ3n) is 3.59. The second-order valence-electron chi connectivity index (χ2n) is 5.87. The smallest absolute Gasteiger partial charge is 0.311 e. The summed E-state index contributed by atoms with van der Waals surface area (Å²) >= 11 is 0. The number of non-ortho nitro benzene ring substituents is 1. The summed E-state index contributed by atoms with van der Waals surface area (Å²) in [5.41, 5.74) is -0.0735. The summed E-state index contributed by atoms with van der Waals surface area (Å²) < 4.78 is 10.3. The average molecular weight is 351 g/mol. The van der Waals surface area contributed by atoms with E-state index in [4.69, 9.17) is 9.47 Å². The van der Waals surface area contributed by atoms with Gasteiger partial charge < -0.3 is 9.47 Å². The lowest BCUT2D eigenvalue weighted by Crippen LogP contribution is -2.15. The highest BCUT2D eigenvalue weighted by molar-refractivity contribution is 5.74. The van der Waals surface area contributed by atoms with Crippen molar-refractivity contribution in [2.75, 3.05) is 0 Å². The molecule has 0 saturated heterocycles. The molecule has 7 heteroatoms. The molecular formula is C18H25NO6. The van der Waals surface area contributed by atoms with Crippen molar-refractivity contribution in [3.05, 3.63) is 34.4 Å². The first-order valence-electron chi connectivity index (χ1n) is 8.57. The van der Waals surface area contributed by atoms with Crippen LogP contribution in [0.5, 0.6) is 5.75 Å². The number of unbranched alkanes of at least 4 members (excludes halogenated alkanes) is 2. The number of hydrogen-bond donors (Lipinski definition) is 0. The number of ether oxygens (including phenoxy) is 2. The van der Waals surface area contributed by atoms with Crippen molar-refractivity contribution >= 4 is 17.6 Å². The van der Waals surface area contributed by atoms with E-state index in [1.54, 1.807) is 0 Å². The van der Waals surface area contributed by atoms with Gasteiger partial charge in [-0.15, -0.1) is 0 Å². The molecule has 25 heavy (non-hydrogen) atoms. The lowest BCUT2D eigenvalue weighted by atomic mass is 10.1. The number of benzene rings is 1. The number of nitrogens with zero attached hydrogens (tertiary/aromatic N) is 1. The van der Waals surface area contributed by atoms with Crippen molar-refractivity contribution in [1.82, 2.24) is 0 Å². The second-order valence-corrected chi connectivity index (χ2v) is 5.87. The second kappa shape index (κ2) is 11.2. The summed E-state index contributed by atoms with van der Waals surface area (Å²) in [5, 5.41) is 10.5. The maximum atomic E-state index is 11.7. The standard InChI is InChI=1S/C18H25NO6/c1-3-4-5-7-14(2)24-17(20)8-6-9-18(21)25-16-12-10-15(11-13-16)19(22)23/h10-14H,3-9H2,1-2H3. The van der Waals surface area contributed by atoms with Crippen LogP contribution in [0, 0.1) is 10.1 Å². The molecule has 1 atom stereocenters. The molecule has 0 amide bonds. The Bertz CT molecular complexity index is 569. The van der Waals surface area contributed by atoms with Crippen LogP contribution in [0.15, 0.2) is 24.3 Å². The van der Waals surface area contributed by atoms with Gasteiger partial charge in [0.15, 0.2) is 0 Å². The summed E-state index contributed by atoms with van der Waals surface area (Å²) in [7, 11) is 0. The number of nitro benzene ring substituents is 1. The van der Waals surface area contributed by atoms with Gasteiger partial charge in [0, 0.05) is 25.0 Å². The molecular weight excluding hydrogens is 326 g/mol. The van der Waals surface area contributed by atoms with Gasteiger partial charge in [-0.2, -0.15) is 0 Å². The van der Waals surface area contributed by atoms with Crippen molar-refractivity contribution < 1.29 is 24.0 Å². The van der Waals surface area contributed by atoms with Crippen LogP contribution in [0.25, 0.3) is 0 Å². The topological polar surface area (TPSA) is 95.7 Å². The number of esters is 2. The average Bonchev–Trinajstić information content (AvgIpc) is 2.55. The van der Waals surface area contributed by atoms with Crippen LogP contribution in [-0.2, 0) is 14.3 Å². The van der Waals surface area contributed by atoms with E-state index in [-0.39, 0.29) is 36.4 Å². The lowest BCUT2D eigenvalue weighted by molar-refractivity contribution is -0.384. The van der Waals surface area contributed by atoms with E-state index in [2.05, 4.69) is 6.92 Å². The molecule has 1 aromatic rings. The molecule has 1 aromatic carbocycles. The predicted molar refractivity (Wildman–Crippen MR) is 92.3 cm³/mol. The Morgan fingerprint density at radius 1 is 1.08 bits per heavy atom. The molecule has 0 spiro atoms. The van der Waals surface area contributed by atoms with Gasteiger partial charge in [0.1, 0.15) is 5.75 Å². The van der Waals surface area contributed by atoms with Gasteiger partial charge in [0.05, 0.1) is 11.0 Å². The molecule has 0 saturated carbocycles. The van der Waals surface area contributed by atoms with Gasteiger partial charge in [-0.1, -0.05) is 19.8 Å². The van der Waals surface area contributed by atoms with E-state index in [0.717, 1.165) is 25.7 Å². The van der Waals surface area contributed by atoms with E-state index < -0.39 is 10.9 Å². The van der Waals surface area contributed by atoms with E-state index >= 15 is 0 Å². The highest BCUT2D eigenvalue weighted by atomic mass is 16.6. The van der Waals surface area contributed by atoms with Crippen LogP contribution in [0.4, 0.5) is 5.69 Å². The minimum absolute atomic E-state index is 0.0735. The fourth-order valence-electron chi connectivity index (χ4n) is 2.22. The lowest BCUT2D eigenvalue weighted by Gasteiger charge is -2.12. The minimum Gasteiger partial charge on any atom is -0.463 e. The summed E-state index contributed by atoms with van der Waals surface area (Å²) in [6, 6.07) is 5.25. The molecule has 0 fully saturated rings. The molecule has 1 unspecified atom stereocenters. The quantitative estimate of drug-likeness (QED) is 0.195. The van der Waals surface area contributed by atoms with Gasteiger partial charge in [0.25, 0.3) is 5.69 Å². The zero-order chi connectivity index (χ0) is 18.7. The molecule has 0 aliphatic carbocycles. The van der Waals surface area contributed by atoms with E-state index in [9.17, 15) is 19.7 Å². The van der Waals surface area contributed by atoms with Crippen molar-refractivity contribution in [1.29, 1.82) is 0 Å². The third-order valence-corrected chi connectivity index (χ3v) is 3.59. The summed E-state index contributed by atoms with van der Waals surface area (Å²) in [6.07, 6.45) is 4.60. The van der Waals surface area contributed by atoms with Gasteiger partial charge in [0.2, 0.25) is 0 Å². The Hall–Kier alpha value is -2.44. The van der Waals surface area contributed by atoms with Crippen molar-refractivity contribution in [2.24, 2.45) is 0 Å². The van der Waals surface area contributed by atoms with Crippen molar-refractivity contribution in [3.8, 4) is 5.75 Å². The van der Waals surface area contributed by atoms with E-state index in [0.29, 0.717) is 6.42 Å². The monoisotopic (exact) mass is 351 g/mol. The molecule has 138 valence electrons.